The molecule has 1 aromatic carbocycles. The first kappa shape index (κ1) is 6.26. The Labute approximate surface area is 60.5 Å². The fraction of sp³-hybridized carbons (Fsp3) is 0. The molecule has 0 aliphatic heterocycles. The molecule has 0 unspecified atom stereocenters. The van der Waals surface area contributed by atoms with Gasteiger partial charge in [0.05, 0.1) is 0 Å². The van der Waals surface area contributed by atoms with Crippen molar-refractivity contribution in [2.45, 2.75) is 0 Å². The van der Waals surface area contributed by atoms with Gasteiger partial charge in [0.25, 0.3) is 0 Å². The second-order valence-corrected chi connectivity index (χ2v) is 3.47. The molecule has 0 amide bonds. The molecule has 0 aromatic heterocycles. The van der Waals surface area contributed by atoms with Gasteiger partial charge in [-0.2, -0.15) is 0 Å². The Kier molecular flexibility index (Phi) is 2.52. The van der Waals surface area contributed by atoms with Crippen LogP contribution in [0.2, 0.25) is 0 Å². The summed E-state index contributed by atoms with van der Waals surface area (Å²) in [6.07, 6.45) is 0. The average molecular weight is 214 g/mol. The quantitative estimate of drug-likeness (QED) is 0.621. The Hall–Kier alpha value is 0.133. The zero-order valence-corrected chi connectivity index (χ0v) is 6.61. The summed E-state index contributed by atoms with van der Waals surface area (Å²) in [5.41, 5.74) is 0. The van der Waals surface area contributed by atoms with Crippen LogP contribution in [0.5, 0.6) is 0 Å². The molecule has 0 fully saturated rings. The van der Waals surface area contributed by atoms with E-state index in [1.165, 1.54) is 4.16 Å². The van der Waals surface area contributed by atoms with E-state index in [4.69, 9.17) is 9.69 Å². The van der Waals surface area contributed by atoms with E-state index in [1.54, 1.807) is 0 Å². The van der Waals surface area contributed by atoms with Crippen molar-refractivity contribution >= 4 is 13.8 Å². The molecular formula is C6H5ClRu. The van der Waals surface area contributed by atoms with Gasteiger partial charge in [0.2, 0.25) is 0 Å². The molecule has 0 radical (unpaired) electrons. The van der Waals surface area contributed by atoms with Crippen molar-refractivity contribution < 1.29 is 16.1 Å². The molecule has 2 heteroatoms. The van der Waals surface area contributed by atoms with E-state index >= 15 is 0 Å². The van der Waals surface area contributed by atoms with Gasteiger partial charge in [0.1, 0.15) is 0 Å². The number of benzene rings is 1. The fourth-order valence-electron chi connectivity index (χ4n) is 0.455. The van der Waals surface area contributed by atoms with Crippen molar-refractivity contribution in [3.8, 4) is 0 Å². The monoisotopic (exact) mass is 214 g/mol. The normalized spacial score (nSPS) is 9.62. The molecule has 0 saturated heterocycles. The molecule has 0 nitrogen and oxygen atoms in total. The van der Waals surface area contributed by atoms with Gasteiger partial charge < -0.3 is 0 Å². The Morgan fingerprint density at radius 3 is 2.12 bits per heavy atom. The number of hydrogen-bond donors (Lipinski definition) is 0. The molecule has 0 spiro atoms. The van der Waals surface area contributed by atoms with Crippen LogP contribution in [0.15, 0.2) is 30.3 Å². The van der Waals surface area contributed by atoms with E-state index in [1.807, 2.05) is 30.3 Å². The zero-order valence-electron chi connectivity index (χ0n) is 4.12. The first-order chi connectivity index (χ1) is 3.93. The van der Waals surface area contributed by atoms with E-state index in [2.05, 4.69) is 0 Å². The molecule has 8 heavy (non-hydrogen) atoms. The maximum absolute atomic E-state index is 5.62. The molecule has 0 aliphatic carbocycles. The van der Waals surface area contributed by atoms with E-state index in [0.717, 1.165) is 0 Å². The fourth-order valence-corrected chi connectivity index (χ4v) is 1.54. The van der Waals surface area contributed by atoms with Crippen molar-refractivity contribution in [1.29, 1.82) is 0 Å². The van der Waals surface area contributed by atoms with Crippen LogP contribution in [0.25, 0.3) is 0 Å². The third-order valence-corrected chi connectivity index (χ3v) is 2.67. The second kappa shape index (κ2) is 3.22. The maximum atomic E-state index is 5.62. The minimum atomic E-state index is -0.0675. The summed E-state index contributed by atoms with van der Waals surface area (Å²) < 4.78 is 1.27. The summed E-state index contributed by atoms with van der Waals surface area (Å²) in [5, 5.41) is 0. The van der Waals surface area contributed by atoms with E-state index in [-0.39, 0.29) is 16.1 Å². The SMILES string of the molecule is [Cl][Ru][c]1ccccc1. The molecule has 1 aromatic rings. The summed E-state index contributed by atoms with van der Waals surface area (Å²) >= 11 is -0.0675. The number of rotatable bonds is 1. The molecule has 1 rings (SSSR count). The van der Waals surface area contributed by atoms with E-state index in [9.17, 15) is 0 Å². The molecule has 0 saturated carbocycles. The average Bonchev–Trinajstić information content (AvgIpc) is 1.90. The predicted octanol–water partition coefficient (Wildman–Crippen LogP) is 1.55. The zero-order chi connectivity index (χ0) is 5.82. The number of hydrogen-bond acceptors (Lipinski definition) is 0. The van der Waals surface area contributed by atoms with Gasteiger partial charge in [0, 0.05) is 0 Å². The summed E-state index contributed by atoms with van der Waals surface area (Å²) in [4.78, 5) is 0. The van der Waals surface area contributed by atoms with Crippen molar-refractivity contribution in [2.24, 2.45) is 0 Å². The van der Waals surface area contributed by atoms with Gasteiger partial charge in [-0.3, -0.25) is 0 Å². The molecule has 0 heterocycles. The molecular weight excluding hydrogens is 209 g/mol. The first-order valence-electron chi connectivity index (χ1n) is 2.22. The van der Waals surface area contributed by atoms with E-state index in [0.29, 0.717) is 0 Å². The van der Waals surface area contributed by atoms with E-state index < -0.39 is 0 Å². The topological polar surface area (TPSA) is 0 Å². The molecule has 44 valence electrons. The van der Waals surface area contributed by atoms with Crippen molar-refractivity contribution in [1.82, 2.24) is 0 Å². The van der Waals surface area contributed by atoms with Crippen LogP contribution in [0.4, 0.5) is 0 Å². The van der Waals surface area contributed by atoms with Gasteiger partial charge in [0.15, 0.2) is 0 Å². The van der Waals surface area contributed by atoms with Crippen LogP contribution in [-0.2, 0) is 16.1 Å². The van der Waals surface area contributed by atoms with Crippen molar-refractivity contribution in [2.75, 3.05) is 0 Å². The van der Waals surface area contributed by atoms with Crippen molar-refractivity contribution in [3.63, 3.8) is 0 Å². The predicted molar refractivity (Wildman–Crippen MR) is 31.9 cm³/mol. The Bertz CT molecular complexity index is 150. The van der Waals surface area contributed by atoms with Gasteiger partial charge >= 0.3 is 60.3 Å². The molecule has 0 aliphatic rings. The Morgan fingerprint density at radius 2 is 1.75 bits per heavy atom. The van der Waals surface area contributed by atoms with Crippen LogP contribution < -0.4 is 4.16 Å². The molecule has 0 N–H and O–H groups in total. The number of halogens is 1. The Balaban J connectivity index is 2.83. The van der Waals surface area contributed by atoms with Gasteiger partial charge in [-0.15, -0.1) is 0 Å². The Morgan fingerprint density at radius 1 is 1.12 bits per heavy atom. The van der Waals surface area contributed by atoms with Crippen LogP contribution in [-0.4, -0.2) is 0 Å². The van der Waals surface area contributed by atoms with Gasteiger partial charge in [-0.25, -0.2) is 0 Å². The van der Waals surface area contributed by atoms with Crippen LogP contribution in [0, 0.1) is 0 Å². The molecule has 0 bridgehead atoms. The van der Waals surface area contributed by atoms with Crippen molar-refractivity contribution in [3.05, 3.63) is 30.3 Å². The second-order valence-electron chi connectivity index (χ2n) is 1.35. The van der Waals surface area contributed by atoms with Crippen LogP contribution in [0.1, 0.15) is 0 Å². The summed E-state index contributed by atoms with van der Waals surface area (Å²) in [6, 6.07) is 10.1. The summed E-state index contributed by atoms with van der Waals surface area (Å²) in [7, 11) is 5.62. The first-order valence-corrected chi connectivity index (χ1v) is 5.33. The third kappa shape index (κ3) is 1.57. The summed E-state index contributed by atoms with van der Waals surface area (Å²) in [5.74, 6) is 0. The summed E-state index contributed by atoms with van der Waals surface area (Å²) in [6.45, 7) is 0. The van der Waals surface area contributed by atoms with Crippen LogP contribution in [0.3, 0.4) is 0 Å². The molecule has 0 atom stereocenters. The third-order valence-electron chi connectivity index (χ3n) is 0.802. The standard InChI is InChI=1S/C6H5.ClH.Ru/c1-2-4-6-5-3-1;;/h1-5H;1H;/q;;+1/p-1. The minimum absolute atomic E-state index is 0.0675. The van der Waals surface area contributed by atoms with Gasteiger partial charge in [-0.1, -0.05) is 0 Å². The van der Waals surface area contributed by atoms with Gasteiger partial charge in [-0.05, 0) is 0 Å². The van der Waals surface area contributed by atoms with Crippen LogP contribution >= 0.6 is 9.69 Å².